The number of halogens is 1. The van der Waals surface area contributed by atoms with E-state index < -0.39 is 0 Å². The first kappa shape index (κ1) is 25.3. The molecular weight excluding hydrogens is 490 g/mol. The Hall–Kier alpha value is -2.79. The van der Waals surface area contributed by atoms with Crippen LogP contribution in [0.2, 0.25) is 5.02 Å². The zero-order valence-electron chi connectivity index (χ0n) is 19.7. The summed E-state index contributed by atoms with van der Waals surface area (Å²) >= 11 is 7.30. The first-order valence-electron chi connectivity index (χ1n) is 11.5. The summed E-state index contributed by atoms with van der Waals surface area (Å²) in [6, 6.07) is 5.22. The zero-order chi connectivity index (χ0) is 24.9. The molecule has 1 saturated heterocycles. The van der Waals surface area contributed by atoms with Gasteiger partial charge >= 0.3 is 0 Å². The van der Waals surface area contributed by atoms with Gasteiger partial charge in [0.05, 0.1) is 29.8 Å². The number of fused-ring (bicyclic) bond motifs is 1. The van der Waals surface area contributed by atoms with Crippen LogP contribution in [0.15, 0.2) is 29.3 Å². The van der Waals surface area contributed by atoms with E-state index in [1.54, 1.807) is 19.1 Å². The summed E-state index contributed by atoms with van der Waals surface area (Å²) < 4.78 is 6.60. The predicted octanol–water partition coefficient (Wildman–Crippen LogP) is 2.82. The van der Waals surface area contributed by atoms with Crippen molar-refractivity contribution in [1.29, 1.82) is 0 Å². The molecule has 11 heteroatoms. The molecule has 35 heavy (non-hydrogen) atoms. The van der Waals surface area contributed by atoms with Crippen LogP contribution >= 0.6 is 22.9 Å². The van der Waals surface area contributed by atoms with Crippen molar-refractivity contribution in [3.8, 4) is 0 Å². The van der Waals surface area contributed by atoms with Gasteiger partial charge in [0.15, 0.2) is 0 Å². The van der Waals surface area contributed by atoms with Crippen LogP contribution in [0.4, 0.5) is 5.69 Å². The number of rotatable bonds is 8. The van der Waals surface area contributed by atoms with Gasteiger partial charge in [-0.1, -0.05) is 17.7 Å². The fourth-order valence-electron chi connectivity index (χ4n) is 3.92. The molecule has 3 aromatic rings. The third-order valence-corrected chi connectivity index (χ3v) is 7.54. The predicted molar refractivity (Wildman–Crippen MR) is 138 cm³/mol. The van der Waals surface area contributed by atoms with Gasteiger partial charge in [-0.3, -0.25) is 23.9 Å². The minimum absolute atomic E-state index is 0.203. The molecule has 0 saturated carbocycles. The lowest BCUT2D eigenvalue weighted by Crippen LogP contribution is -2.38. The van der Waals surface area contributed by atoms with Crippen molar-refractivity contribution in [3.05, 3.63) is 55.9 Å². The molecule has 1 aliphatic rings. The molecule has 3 heterocycles. The fourth-order valence-corrected chi connectivity index (χ4v) is 5.16. The van der Waals surface area contributed by atoms with Crippen molar-refractivity contribution < 1.29 is 14.3 Å². The zero-order valence-corrected chi connectivity index (χ0v) is 21.3. The number of amides is 2. The van der Waals surface area contributed by atoms with Gasteiger partial charge in [-0.15, -0.1) is 11.3 Å². The molecule has 1 fully saturated rings. The third kappa shape index (κ3) is 6.07. The third-order valence-electron chi connectivity index (χ3n) is 5.93. The first-order chi connectivity index (χ1) is 16.8. The smallest absolute Gasteiger partial charge is 0.262 e. The van der Waals surface area contributed by atoms with Crippen molar-refractivity contribution in [2.75, 3.05) is 44.7 Å². The molecule has 2 aromatic heterocycles. The van der Waals surface area contributed by atoms with Crippen LogP contribution in [0.25, 0.3) is 10.2 Å². The molecule has 1 aliphatic heterocycles. The topological polar surface area (TPSA) is 106 Å². The van der Waals surface area contributed by atoms with Crippen LogP contribution in [0.3, 0.4) is 0 Å². The SMILES string of the molecule is Cc1ccc(NC(=O)Cn2cnc3sc(C(=O)NCCCN4CCOCC4)c(C)c3c2=O)cc1Cl. The van der Waals surface area contributed by atoms with E-state index in [-0.39, 0.29) is 23.9 Å². The highest BCUT2D eigenvalue weighted by atomic mass is 35.5. The highest BCUT2D eigenvalue weighted by molar-refractivity contribution is 7.20. The van der Waals surface area contributed by atoms with Crippen molar-refractivity contribution in [2.24, 2.45) is 0 Å². The summed E-state index contributed by atoms with van der Waals surface area (Å²) in [7, 11) is 0. The molecule has 4 rings (SSSR count). The molecule has 186 valence electrons. The molecule has 0 atom stereocenters. The molecular formula is C24H28ClN5O4S. The first-order valence-corrected chi connectivity index (χ1v) is 12.7. The number of hydrogen-bond donors (Lipinski definition) is 2. The van der Waals surface area contributed by atoms with Crippen molar-refractivity contribution in [3.63, 3.8) is 0 Å². The standard InChI is InChI=1S/C24H28ClN5O4S/c1-15-4-5-17(12-18(15)25)28-19(31)13-30-14-27-23-20(24(30)33)16(2)21(35-23)22(32)26-6-3-7-29-8-10-34-11-9-29/h4-5,12,14H,3,6-11,13H2,1-2H3,(H,26,32)(H,28,31). The molecule has 2 N–H and O–H groups in total. The molecule has 0 unspecified atom stereocenters. The molecule has 1 aromatic carbocycles. The number of aromatic nitrogens is 2. The molecule has 0 aliphatic carbocycles. The van der Waals surface area contributed by atoms with E-state index in [1.807, 2.05) is 13.0 Å². The van der Waals surface area contributed by atoms with Crippen LogP contribution in [0.5, 0.6) is 0 Å². The van der Waals surface area contributed by atoms with E-state index in [4.69, 9.17) is 16.3 Å². The van der Waals surface area contributed by atoms with Gasteiger partial charge in [-0.05, 0) is 50.1 Å². The number of nitrogens with one attached hydrogen (secondary N) is 2. The van der Waals surface area contributed by atoms with Crippen molar-refractivity contribution in [2.45, 2.75) is 26.8 Å². The van der Waals surface area contributed by atoms with Gasteiger partial charge in [-0.25, -0.2) is 4.98 Å². The second kappa shape index (κ2) is 11.3. The number of thiophene rings is 1. The maximum Gasteiger partial charge on any atom is 0.262 e. The summed E-state index contributed by atoms with van der Waals surface area (Å²) in [5.41, 5.74) is 1.67. The van der Waals surface area contributed by atoms with Crippen LogP contribution in [0.1, 0.15) is 27.2 Å². The normalized spacial score (nSPS) is 14.3. The van der Waals surface area contributed by atoms with E-state index in [0.717, 1.165) is 44.8 Å². The number of aryl methyl sites for hydroxylation is 2. The largest absolute Gasteiger partial charge is 0.379 e. The maximum atomic E-state index is 13.1. The number of morpholine rings is 1. The van der Waals surface area contributed by atoms with Crippen LogP contribution in [0, 0.1) is 13.8 Å². The van der Waals surface area contributed by atoms with Gasteiger partial charge in [0, 0.05) is 30.3 Å². The Morgan fingerprint density at radius 2 is 2.00 bits per heavy atom. The average molecular weight is 518 g/mol. The van der Waals surface area contributed by atoms with Crippen LogP contribution in [-0.2, 0) is 16.1 Å². The molecule has 2 amide bonds. The van der Waals surface area contributed by atoms with Crippen molar-refractivity contribution in [1.82, 2.24) is 19.8 Å². The number of benzene rings is 1. The van der Waals surface area contributed by atoms with Gasteiger partial charge < -0.3 is 15.4 Å². The highest BCUT2D eigenvalue weighted by Crippen LogP contribution is 2.26. The average Bonchev–Trinajstić information content (AvgIpc) is 3.18. The molecule has 0 radical (unpaired) electrons. The lowest BCUT2D eigenvalue weighted by atomic mass is 10.2. The van der Waals surface area contributed by atoms with Crippen LogP contribution in [-0.4, -0.2) is 65.7 Å². The van der Waals surface area contributed by atoms with E-state index in [1.165, 1.54) is 22.2 Å². The molecule has 9 nitrogen and oxygen atoms in total. The number of hydrogen-bond acceptors (Lipinski definition) is 7. The van der Waals surface area contributed by atoms with E-state index in [2.05, 4.69) is 20.5 Å². The Balaban J connectivity index is 1.40. The lowest BCUT2D eigenvalue weighted by Gasteiger charge is -2.26. The number of carbonyl (C=O) groups excluding carboxylic acids is 2. The monoisotopic (exact) mass is 517 g/mol. The van der Waals surface area contributed by atoms with Gasteiger partial charge in [0.25, 0.3) is 11.5 Å². The maximum absolute atomic E-state index is 13.1. The second-order valence-corrected chi connectivity index (χ2v) is 9.90. The lowest BCUT2D eigenvalue weighted by molar-refractivity contribution is -0.116. The Morgan fingerprint density at radius 1 is 1.23 bits per heavy atom. The Kier molecular flexibility index (Phi) is 8.17. The summed E-state index contributed by atoms with van der Waals surface area (Å²) in [5.74, 6) is -0.591. The van der Waals surface area contributed by atoms with Gasteiger partial charge in [0.1, 0.15) is 11.4 Å². The van der Waals surface area contributed by atoms with E-state index in [0.29, 0.717) is 37.9 Å². The Morgan fingerprint density at radius 3 is 2.74 bits per heavy atom. The summed E-state index contributed by atoms with van der Waals surface area (Å²) in [4.78, 5) is 46.0. The summed E-state index contributed by atoms with van der Waals surface area (Å²) in [5, 5.41) is 6.59. The van der Waals surface area contributed by atoms with Crippen molar-refractivity contribution >= 4 is 50.7 Å². The Labute approximate surface area is 212 Å². The van der Waals surface area contributed by atoms with Gasteiger partial charge in [0.2, 0.25) is 5.91 Å². The molecule has 0 bridgehead atoms. The number of anilines is 1. The molecule has 0 spiro atoms. The quantitative estimate of drug-likeness (QED) is 0.445. The van der Waals surface area contributed by atoms with Crippen LogP contribution < -0.4 is 16.2 Å². The number of ether oxygens (including phenoxy) is 1. The fraction of sp³-hybridized carbons (Fsp3) is 0.417. The number of nitrogens with zero attached hydrogens (tertiary/aromatic N) is 3. The van der Waals surface area contributed by atoms with E-state index >= 15 is 0 Å². The highest BCUT2D eigenvalue weighted by Gasteiger charge is 2.20. The number of carbonyl (C=O) groups is 2. The van der Waals surface area contributed by atoms with Gasteiger partial charge in [-0.2, -0.15) is 0 Å². The van der Waals surface area contributed by atoms with E-state index in [9.17, 15) is 14.4 Å². The summed E-state index contributed by atoms with van der Waals surface area (Å²) in [6.45, 7) is 8.19. The second-order valence-electron chi connectivity index (χ2n) is 8.49. The Bertz CT molecular complexity index is 1300. The minimum Gasteiger partial charge on any atom is -0.379 e. The minimum atomic E-state index is -0.376. The summed E-state index contributed by atoms with van der Waals surface area (Å²) in [6.07, 6.45) is 2.17.